The second kappa shape index (κ2) is 5.10. The highest BCUT2D eigenvalue weighted by molar-refractivity contribution is 9.10. The van der Waals surface area contributed by atoms with Crippen molar-refractivity contribution in [3.8, 4) is 0 Å². The van der Waals surface area contributed by atoms with Crippen LogP contribution in [0.15, 0.2) is 22.7 Å². The predicted octanol–water partition coefficient (Wildman–Crippen LogP) is 2.45. The van der Waals surface area contributed by atoms with Crippen LogP contribution in [-0.2, 0) is 4.79 Å². The zero-order valence-corrected chi connectivity index (χ0v) is 11.6. The maximum atomic E-state index is 12.3. The molecule has 2 rings (SSSR count). The highest BCUT2D eigenvalue weighted by Crippen LogP contribution is 2.23. The lowest BCUT2D eigenvalue weighted by molar-refractivity contribution is -0.141. The van der Waals surface area contributed by atoms with Gasteiger partial charge in [0.25, 0.3) is 5.91 Å². The maximum absolute atomic E-state index is 12.3. The zero-order chi connectivity index (χ0) is 13.3. The molecule has 96 valence electrons. The van der Waals surface area contributed by atoms with Gasteiger partial charge in [0.2, 0.25) is 0 Å². The van der Waals surface area contributed by atoms with E-state index in [1.807, 2.05) is 13.0 Å². The Balaban J connectivity index is 2.25. The fraction of sp³-hybridized carbons (Fsp3) is 0.385. The van der Waals surface area contributed by atoms with Gasteiger partial charge in [0.15, 0.2) is 0 Å². The first-order valence-corrected chi connectivity index (χ1v) is 6.60. The van der Waals surface area contributed by atoms with Gasteiger partial charge in [0.1, 0.15) is 6.04 Å². The number of carbonyl (C=O) groups excluding carboxylic acids is 1. The largest absolute Gasteiger partial charge is 0.480 e. The summed E-state index contributed by atoms with van der Waals surface area (Å²) in [6.07, 6.45) is 1.28. The highest BCUT2D eigenvalue weighted by atomic mass is 79.9. The van der Waals surface area contributed by atoms with Gasteiger partial charge >= 0.3 is 5.97 Å². The molecular weight excluding hydrogens is 298 g/mol. The zero-order valence-electron chi connectivity index (χ0n) is 10.0. The van der Waals surface area contributed by atoms with Crippen LogP contribution in [0.1, 0.15) is 28.8 Å². The summed E-state index contributed by atoms with van der Waals surface area (Å²) in [5.74, 6) is -1.13. The predicted molar refractivity (Wildman–Crippen MR) is 70.6 cm³/mol. The van der Waals surface area contributed by atoms with E-state index in [4.69, 9.17) is 5.11 Å². The number of hydrogen-bond acceptors (Lipinski definition) is 2. The maximum Gasteiger partial charge on any atom is 0.326 e. The molecule has 0 spiro atoms. The fourth-order valence-electron chi connectivity index (χ4n) is 2.16. The number of aliphatic carboxylic acids is 1. The van der Waals surface area contributed by atoms with Crippen LogP contribution in [0.25, 0.3) is 0 Å². The Bertz CT molecular complexity index is 501. The second-order valence-corrected chi connectivity index (χ2v) is 5.31. The number of carbonyl (C=O) groups is 2. The van der Waals surface area contributed by atoms with E-state index < -0.39 is 12.0 Å². The van der Waals surface area contributed by atoms with E-state index in [1.54, 1.807) is 12.1 Å². The minimum atomic E-state index is -0.924. The lowest BCUT2D eigenvalue weighted by atomic mass is 10.1. The van der Waals surface area contributed by atoms with Crippen LogP contribution in [-0.4, -0.2) is 34.5 Å². The molecule has 4 nitrogen and oxygen atoms in total. The van der Waals surface area contributed by atoms with Gasteiger partial charge < -0.3 is 10.0 Å². The number of benzene rings is 1. The van der Waals surface area contributed by atoms with E-state index >= 15 is 0 Å². The highest BCUT2D eigenvalue weighted by Gasteiger charge is 2.34. The summed E-state index contributed by atoms with van der Waals surface area (Å²) in [6, 6.07) is 4.65. The van der Waals surface area contributed by atoms with Crippen molar-refractivity contribution in [2.75, 3.05) is 6.54 Å². The molecule has 1 unspecified atom stereocenters. The Morgan fingerprint density at radius 2 is 2.17 bits per heavy atom. The summed E-state index contributed by atoms with van der Waals surface area (Å²) < 4.78 is 0.861. The molecule has 5 heteroatoms. The third kappa shape index (κ3) is 2.41. The number of halogens is 1. The first kappa shape index (κ1) is 13.1. The van der Waals surface area contributed by atoms with Crippen molar-refractivity contribution in [3.05, 3.63) is 33.8 Å². The molecule has 0 aliphatic carbocycles. The molecule has 0 bridgehead atoms. The van der Waals surface area contributed by atoms with Gasteiger partial charge in [0.05, 0.1) is 0 Å². The minimum Gasteiger partial charge on any atom is -0.480 e. The molecule has 1 N–H and O–H groups in total. The first-order chi connectivity index (χ1) is 8.50. The van der Waals surface area contributed by atoms with Crippen molar-refractivity contribution in [1.29, 1.82) is 0 Å². The third-order valence-electron chi connectivity index (χ3n) is 3.22. The van der Waals surface area contributed by atoms with Crippen molar-refractivity contribution in [3.63, 3.8) is 0 Å². The van der Waals surface area contributed by atoms with Crippen LogP contribution in [0.4, 0.5) is 0 Å². The Morgan fingerprint density at radius 1 is 1.44 bits per heavy atom. The summed E-state index contributed by atoms with van der Waals surface area (Å²) in [5, 5.41) is 9.08. The number of likely N-dealkylation sites (tertiary alicyclic amines) is 1. The average molecular weight is 312 g/mol. The summed E-state index contributed by atoms with van der Waals surface area (Å²) in [4.78, 5) is 24.8. The van der Waals surface area contributed by atoms with E-state index in [-0.39, 0.29) is 5.91 Å². The van der Waals surface area contributed by atoms with Gasteiger partial charge in [-0.05, 0) is 37.5 Å². The molecule has 0 saturated carbocycles. The van der Waals surface area contributed by atoms with Crippen LogP contribution in [0.2, 0.25) is 0 Å². The molecular formula is C13H14BrNO3. The first-order valence-electron chi connectivity index (χ1n) is 5.80. The van der Waals surface area contributed by atoms with Gasteiger partial charge in [-0.25, -0.2) is 4.79 Å². The molecule has 1 fully saturated rings. The molecule has 0 aromatic heterocycles. The number of amides is 1. The monoisotopic (exact) mass is 311 g/mol. The minimum absolute atomic E-state index is 0.208. The molecule has 1 aromatic rings. The van der Waals surface area contributed by atoms with Crippen molar-refractivity contribution >= 4 is 27.8 Å². The summed E-state index contributed by atoms with van der Waals surface area (Å²) in [6.45, 7) is 2.45. The number of hydrogen-bond donors (Lipinski definition) is 1. The van der Waals surface area contributed by atoms with Crippen molar-refractivity contribution < 1.29 is 14.7 Å². The molecule has 1 aromatic carbocycles. The molecule has 1 aliphatic rings. The second-order valence-electron chi connectivity index (χ2n) is 4.46. The summed E-state index contributed by atoms with van der Waals surface area (Å²) in [7, 11) is 0. The Labute approximate surface area is 114 Å². The van der Waals surface area contributed by atoms with E-state index in [0.29, 0.717) is 18.5 Å². The van der Waals surface area contributed by atoms with Gasteiger partial charge in [-0.3, -0.25) is 4.79 Å². The van der Waals surface area contributed by atoms with Crippen molar-refractivity contribution in [1.82, 2.24) is 4.90 Å². The number of nitrogens with zero attached hydrogens (tertiary/aromatic N) is 1. The fourth-order valence-corrected chi connectivity index (χ4v) is 2.54. The lowest BCUT2D eigenvalue weighted by Crippen LogP contribution is -2.40. The smallest absolute Gasteiger partial charge is 0.326 e. The van der Waals surface area contributed by atoms with Crippen molar-refractivity contribution in [2.24, 2.45) is 0 Å². The molecule has 1 saturated heterocycles. The van der Waals surface area contributed by atoms with Crippen LogP contribution >= 0.6 is 15.9 Å². The SMILES string of the molecule is Cc1ccc(C(=O)N2CCCC2C(=O)O)cc1Br. The Hall–Kier alpha value is -1.36. The normalized spacial score (nSPS) is 19.0. The molecule has 1 aliphatic heterocycles. The van der Waals surface area contributed by atoms with Gasteiger partial charge in [-0.2, -0.15) is 0 Å². The third-order valence-corrected chi connectivity index (χ3v) is 4.07. The average Bonchev–Trinajstić information content (AvgIpc) is 2.81. The standard InChI is InChI=1S/C13H14BrNO3/c1-8-4-5-9(7-10(8)14)12(16)15-6-2-3-11(15)13(17)18/h4-5,7,11H,2-3,6H2,1H3,(H,17,18). The lowest BCUT2D eigenvalue weighted by Gasteiger charge is -2.21. The van der Waals surface area contributed by atoms with Gasteiger partial charge in [-0.15, -0.1) is 0 Å². The summed E-state index contributed by atoms with van der Waals surface area (Å²) in [5.41, 5.74) is 1.57. The van der Waals surface area contributed by atoms with Gasteiger partial charge in [0, 0.05) is 16.6 Å². The van der Waals surface area contributed by atoms with Crippen LogP contribution in [0.5, 0.6) is 0 Å². The number of carboxylic acid groups (broad SMARTS) is 1. The molecule has 1 heterocycles. The summed E-state index contributed by atoms with van der Waals surface area (Å²) >= 11 is 3.38. The Morgan fingerprint density at radius 3 is 2.78 bits per heavy atom. The molecule has 0 radical (unpaired) electrons. The van der Waals surface area contributed by atoms with E-state index in [2.05, 4.69) is 15.9 Å². The van der Waals surface area contributed by atoms with Gasteiger partial charge in [-0.1, -0.05) is 22.0 Å². The number of aryl methyl sites for hydroxylation is 1. The van der Waals surface area contributed by atoms with E-state index in [0.717, 1.165) is 16.5 Å². The van der Waals surface area contributed by atoms with Crippen molar-refractivity contribution in [2.45, 2.75) is 25.8 Å². The molecule has 18 heavy (non-hydrogen) atoms. The van der Waals surface area contributed by atoms with Crippen LogP contribution in [0, 0.1) is 6.92 Å². The number of rotatable bonds is 2. The Kier molecular flexibility index (Phi) is 3.71. The van der Waals surface area contributed by atoms with E-state index in [9.17, 15) is 9.59 Å². The molecule has 1 atom stereocenters. The van der Waals surface area contributed by atoms with Crippen LogP contribution < -0.4 is 0 Å². The number of carboxylic acids is 1. The quantitative estimate of drug-likeness (QED) is 0.912. The van der Waals surface area contributed by atoms with E-state index in [1.165, 1.54) is 4.90 Å². The topological polar surface area (TPSA) is 57.6 Å². The van der Waals surface area contributed by atoms with Crippen LogP contribution in [0.3, 0.4) is 0 Å². The molecule has 1 amide bonds.